The van der Waals surface area contributed by atoms with Gasteiger partial charge in [-0.05, 0) is 32.0 Å². The van der Waals surface area contributed by atoms with Crippen LogP contribution in [-0.2, 0) is 6.54 Å². The minimum atomic E-state index is 0.650. The molecule has 1 aromatic heterocycles. The monoisotopic (exact) mass is 258 g/mol. The van der Waals surface area contributed by atoms with E-state index in [1.165, 1.54) is 24.4 Å². The van der Waals surface area contributed by atoms with E-state index in [0.717, 1.165) is 17.5 Å². The summed E-state index contributed by atoms with van der Waals surface area (Å²) in [6.45, 7) is 5.68. The second-order valence-corrected chi connectivity index (χ2v) is 6.18. The van der Waals surface area contributed by atoms with E-state index in [9.17, 15) is 0 Å². The van der Waals surface area contributed by atoms with Gasteiger partial charge in [-0.15, -0.1) is 11.3 Å². The number of thiophene rings is 1. The molecule has 4 heteroatoms. The topological polar surface area (TPSA) is 15.3 Å². The second kappa shape index (κ2) is 5.50. The lowest BCUT2D eigenvalue weighted by Crippen LogP contribution is -2.46. The van der Waals surface area contributed by atoms with Crippen molar-refractivity contribution >= 4 is 22.9 Å². The molecule has 0 radical (unpaired) electrons. The molecular formula is C12H19ClN2S. The first-order chi connectivity index (χ1) is 7.65. The van der Waals surface area contributed by atoms with Crippen molar-refractivity contribution in [2.24, 2.45) is 5.92 Å². The Balaban J connectivity index is 1.81. The quantitative estimate of drug-likeness (QED) is 0.897. The Morgan fingerprint density at radius 1 is 1.62 bits per heavy atom. The minimum absolute atomic E-state index is 0.650. The maximum atomic E-state index is 5.91. The van der Waals surface area contributed by atoms with Crippen LogP contribution < -0.4 is 5.32 Å². The molecule has 0 bridgehead atoms. The summed E-state index contributed by atoms with van der Waals surface area (Å²) in [6.07, 6.45) is 1.25. The number of hydrogen-bond donors (Lipinski definition) is 1. The van der Waals surface area contributed by atoms with Gasteiger partial charge in [-0.2, -0.15) is 0 Å². The number of piperidine rings is 1. The molecule has 1 N–H and O–H groups in total. The summed E-state index contributed by atoms with van der Waals surface area (Å²) in [5, 5.41) is 6.50. The van der Waals surface area contributed by atoms with Crippen LogP contribution in [0.2, 0.25) is 5.02 Å². The van der Waals surface area contributed by atoms with Crippen molar-refractivity contribution in [2.75, 3.05) is 20.1 Å². The maximum Gasteiger partial charge on any atom is 0.0516 e. The third kappa shape index (κ3) is 3.20. The average molecular weight is 259 g/mol. The largest absolute Gasteiger partial charge is 0.309 e. The molecule has 0 aliphatic carbocycles. The number of halogens is 1. The summed E-state index contributed by atoms with van der Waals surface area (Å²) >= 11 is 7.64. The smallest absolute Gasteiger partial charge is 0.0516 e. The fourth-order valence-electron chi connectivity index (χ4n) is 2.34. The lowest BCUT2D eigenvalue weighted by molar-refractivity contribution is 0.174. The van der Waals surface area contributed by atoms with Crippen LogP contribution in [0.25, 0.3) is 0 Å². The Kier molecular flexibility index (Phi) is 4.25. The van der Waals surface area contributed by atoms with Crippen LogP contribution in [0.3, 0.4) is 0 Å². The van der Waals surface area contributed by atoms with E-state index in [1.807, 2.05) is 5.38 Å². The molecule has 2 heterocycles. The molecule has 1 fully saturated rings. The van der Waals surface area contributed by atoms with Gasteiger partial charge < -0.3 is 10.2 Å². The maximum absolute atomic E-state index is 5.91. The molecule has 2 unspecified atom stereocenters. The number of nitrogens with one attached hydrogen (secondary N) is 1. The standard InChI is InChI=1S/C12H19ClN2S/c1-9-7-15(2)4-3-12(9)14-6-11-5-10(13)8-16-11/h5,8-9,12,14H,3-4,6-7H2,1-2H3. The Morgan fingerprint density at radius 3 is 3.06 bits per heavy atom. The van der Waals surface area contributed by atoms with Crippen LogP contribution >= 0.6 is 22.9 Å². The van der Waals surface area contributed by atoms with Gasteiger partial charge in [0.2, 0.25) is 0 Å². The predicted molar refractivity (Wildman–Crippen MR) is 71.2 cm³/mol. The van der Waals surface area contributed by atoms with Gasteiger partial charge in [0.05, 0.1) is 5.02 Å². The van der Waals surface area contributed by atoms with Crippen molar-refractivity contribution in [1.29, 1.82) is 0 Å². The Bertz CT molecular complexity index is 340. The highest BCUT2D eigenvalue weighted by Crippen LogP contribution is 2.20. The molecule has 1 aliphatic rings. The van der Waals surface area contributed by atoms with E-state index >= 15 is 0 Å². The van der Waals surface area contributed by atoms with Crippen LogP contribution in [-0.4, -0.2) is 31.1 Å². The van der Waals surface area contributed by atoms with Crippen molar-refractivity contribution in [3.63, 3.8) is 0 Å². The zero-order valence-corrected chi connectivity index (χ0v) is 11.4. The van der Waals surface area contributed by atoms with Crippen molar-refractivity contribution < 1.29 is 0 Å². The molecule has 1 aromatic rings. The van der Waals surface area contributed by atoms with Crippen LogP contribution in [0.4, 0.5) is 0 Å². The zero-order valence-electron chi connectivity index (χ0n) is 9.87. The highest BCUT2D eigenvalue weighted by molar-refractivity contribution is 7.10. The third-order valence-corrected chi connectivity index (χ3v) is 4.55. The Hall–Kier alpha value is -0.0900. The summed E-state index contributed by atoms with van der Waals surface area (Å²) in [6, 6.07) is 2.70. The first-order valence-electron chi connectivity index (χ1n) is 5.80. The fraction of sp³-hybridized carbons (Fsp3) is 0.667. The van der Waals surface area contributed by atoms with E-state index in [0.29, 0.717) is 6.04 Å². The molecule has 0 aromatic carbocycles. The van der Waals surface area contributed by atoms with Crippen molar-refractivity contribution in [3.8, 4) is 0 Å². The molecule has 2 rings (SSSR count). The molecule has 16 heavy (non-hydrogen) atoms. The lowest BCUT2D eigenvalue weighted by Gasteiger charge is -2.35. The molecular weight excluding hydrogens is 240 g/mol. The molecule has 0 saturated carbocycles. The van der Waals surface area contributed by atoms with Gasteiger partial charge >= 0.3 is 0 Å². The van der Waals surface area contributed by atoms with Gasteiger partial charge in [0.25, 0.3) is 0 Å². The minimum Gasteiger partial charge on any atom is -0.309 e. The molecule has 1 saturated heterocycles. The normalized spacial score (nSPS) is 27.2. The fourth-order valence-corrected chi connectivity index (χ4v) is 3.36. The zero-order chi connectivity index (χ0) is 11.5. The van der Waals surface area contributed by atoms with E-state index in [1.54, 1.807) is 11.3 Å². The number of rotatable bonds is 3. The van der Waals surface area contributed by atoms with E-state index in [-0.39, 0.29) is 0 Å². The van der Waals surface area contributed by atoms with Gasteiger partial charge in [0.15, 0.2) is 0 Å². The summed E-state index contributed by atoms with van der Waals surface area (Å²) < 4.78 is 0. The first kappa shape index (κ1) is 12.4. The SMILES string of the molecule is CC1CN(C)CCC1NCc1cc(Cl)cs1. The van der Waals surface area contributed by atoms with Crippen LogP contribution in [0.15, 0.2) is 11.4 Å². The van der Waals surface area contributed by atoms with Gasteiger partial charge in [0.1, 0.15) is 0 Å². The molecule has 2 nitrogen and oxygen atoms in total. The number of hydrogen-bond acceptors (Lipinski definition) is 3. The Labute approximate surface area is 107 Å². The average Bonchev–Trinajstić information content (AvgIpc) is 2.63. The van der Waals surface area contributed by atoms with Gasteiger partial charge in [0, 0.05) is 29.4 Å². The van der Waals surface area contributed by atoms with Gasteiger partial charge in [-0.25, -0.2) is 0 Å². The molecule has 1 aliphatic heterocycles. The summed E-state index contributed by atoms with van der Waals surface area (Å²) in [7, 11) is 2.20. The van der Waals surface area contributed by atoms with Crippen molar-refractivity contribution in [1.82, 2.24) is 10.2 Å². The van der Waals surface area contributed by atoms with Gasteiger partial charge in [-0.1, -0.05) is 18.5 Å². The second-order valence-electron chi connectivity index (χ2n) is 4.75. The van der Waals surface area contributed by atoms with E-state index in [4.69, 9.17) is 11.6 Å². The molecule has 0 spiro atoms. The highest BCUT2D eigenvalue weighted by Gasteiger charge is 2.23. The molecule has 2 atom stereocenters. The molecule has 0 amide bonds. The van der Waals surface area contributed by atoms with Crippen molar-refractivity contribution in [2.45, 2.75) is 25.9 Å². The van der Waals surface area contributed by atoms with E-state index in [2.05, 4.69) is 30.3 Å². The highest BCUT2D eigenvalue weighted by atomic mass is 35.5. The lowest BCUT2D eigenvalue weighted by atomic mass is 9.94. The Morgan fingerprint density at radius 2 is 2.44 bits per heavy atom. The van der Waals surface area contributed by atoms with Crippen LogP contribution in [0.5, 0.6) is 0 Å². The number of nitrogens with zero attached hydrogens (tertiary/aromatic N) is 1. The van der Waals surface area contributed by atoms with Gasteiger partial charge in [-0.3, -0.25) is 0 Å². The van der Waals surface area contributed by atoms with Crippen LogP contribution in [0, 0.1) is 5.92 Å². The van der Waals surface area contributed by atoms with Crippen LogP contribution in [0.1, 0.15) is 18.2 Å². The van der Waals surface area contributed by atoms with E-state index < -0.39 is 0 Å². The van der Waals surface area contributed by atoms with Crippen molar-refractivity contribution in [3.05, 3.63) is 21.3 Å². The third-order valence-electron chi connectivity index (χ3n) is 3.27. The molecule has 90 valence electrons. The summed E-state index contributed by atoms with van der Waals surface area (Å²) in [4.78, 5) is 3.74. The summed E-state index contributed by atoms with van der Waals surface area (Å²) in [5.41, 5.74) is 0. The predicted octanol–water partition coefficient (Wildman–Crippen LogP) is 2.83. The number of likely N-dealkylation sites (tertiary alicyclic amines) is 1. The summed E-state index contributed by atoms with van der Waals surface area (Å²) in [5.74, 6) is 0.731. The first-order valence-corrected chi connectivity index (χ1v) is 7.06.